The highest BCUT2D eigenvalue weighted by Gasteiger charge is 2.34. The van der Waals surface area contributed by atoms with Crippen LogP contribution in [0.1, 0.15) is 36.1 Å². The summed E-state index contributed by atoms with van der Waals surface area (Å²) in [5, 5.41) is 3.10. The predicted molar refractivity (Wildman–Crippen MR) is 98.1 cm³/mol. The highest BCUT2D eigenvalue weighted by Crippen LogP contribution is 2.30. The number of carbonyl (C=O) groups is 2. The summed E-state index contributed by atoms with van der Waals surface area (Å²) in [6.45, 7) is 2.47. The number of nitrogens with zero attached hydrogens (tertiary/aromatic N) is 1. The number of benzene rings is 2. The average Bonchev–Trinajstić information content (AvgIpc) is 2.65. The Morgan fingerprint density at radius 2 is 2.04 bits per heavy atom. The number of hydrogen-bond acceptors (Lipinski definition) is 2. The smallest absolute Gasteiger partial charge is 0.247 e. The molecule has 2 aromatic carbocycles. The van der Waals surface area contributed by atoms with E-state index in [9.17, 15) is 14.0 Å². The zero-order chi connectivity index (χ0) is 18.7. The summed E-state index contributed by atoms with van der Waals surface area (Å²) in [6.07, 6.45) is 1.07. The third-order valence-corrected chi connectivity index (χ3v) is 4.97. The van der Waals surface area contributed by atoms with Gasteiger partial charge in [-0.3, -0.25) is 9.59 Å². The molecule has 0 aromatic heterocycles. The minimum absolute atomic E-state index is 0.0560. The molecule has 136 valence electrons. The Bertz CT molecular complexity index is 840. The molecule has 1 unspecified atom stereocenters. The van der Waals surface area contributed by atoms with Gasteiger partial charge in [0.05, 0.1) is 0 Å². The van der Waals surface area contributed by atoms with E-state index in [4.69, 9.17) is 11.6 Å². The van der Waals surface area contributed by atoms with Crippen LogP contribution in [-0.2, 0) is 22.6 Å². The minimum Gasteiger partial charge on any atom is -0.350 e. The molecule has 1 aliphatic rings. The Labute approximate surface area is 157 Å². The molecular formula is C20H20ClFN2O2. The van der Waals surface area contributed by atoms with E-state index in [0.717, 1.165) is 17.5 Å². The molecule has 0 aliphatic carbocycles. The third kappa shape index (κ3) is 3.73. The molecule has 1 atom stereocenters. The molecular weight excluding hydrogens is 355 g/mol. The quantitative estimate of drug-likeness (QED) is 0.888. The number of carbonyl (C=O) groups excluding carboxylic acids is 2. The normalized spacial score (nSPS) is 16.1. The molecule has 2 amide bonds. The fourth-order valence-electron chi connectivity index (χ4n) is 3.27. The van der Waals surface area contributed by atoms with Gasteiger partial charge in [-0.25, -0.2) is 4.39 Å². The highest BCUT2D eigenvalue weighted by atomic mass is 35.5. The Hall–Kier alpha value is -2.40. The molecule has 6 heteroatoms. The maximum Gasteiger partial charge on any atom is 0.247 e. The molecule has 1 aliphatic heterocycles. The van der Waals surface area contributed by atoms with E-state index in [-0.39, 0.29) is 23.4 Å². The van der Waals surface area contributed by atoms with Crippen molar-refractivity contribution in [2.45, 2.75) is 32.4 Å². The molecule has 0 spiro atoms. The van der Waals surface area contributed by atoms with Crippen molar-refractivity contribution in [1.82, 2.24) is 10.2 Å². The number of hydrogen-bond donors (Lipinski definition) is 1. The first kappa shape index (κ1) is 18.4. The van der Waals surface area contributed by atoms with Crippen molar-refractivity contribution in [3.8, 4) is 0 Å². The van der Waals surface area contributed by atoms with Gasteiger partial charge in [0, 0.05) is 24.5 Å². The largest absolute Gasteiger partial charge is 0.350 e. The fraction of sp³-hybridized carbons (Fsp3) is 0.300. The van der Waals surface area contributed by atoms with E-state index in [0.29, 0.717) is 18.5 Å². The van der Waals surface area contributed by atoms with E-state index >= 15 is 0 Å². The Morgan fingerprint density at radius 3 is 2.77 bits per heavy atom. The highest BCUT2D eigenvalue weighted by molar-refractivity contribution is 6.31. The molecule has 0 saturated carbocycles. The van der Waals surface area contributed by atoms with Crippen molar-refractivity contribution < 1.29 is 14.0 Å². The van der Waals surface area contributed by atoms with Gasteiger partial charge < -0.3 is 10.2 Å². The van der Waals surface area contributed by atoms with Gasteiger partial charge in [0.1, 0.15) is 11.9 Å². The van der Waals surface area contributed by atoms with Gasteiger partial charge in [0.15, 0.2) is 0 Å². The molecule has 26 heavy (non-hydrogen) atoms. The second-order valence-corrected chi connectivity index (χ2v) is 6.65. The summed E-state index contributed by atoms with van der Waals surface area (Å²) in [7, 11) is 0. The van der Waals surface area contributed by atoms with Crippen molar-refractivity contribution in [2.75, 3.05) is 6.54 Å². The zero-order valence-corrected chi connectivity index (χ0v) is 15.2. The summed E-state index contributed by atoms with van der Waals surface area (Å²) in [5.74, 6) is -0.746. The van der Waals surface area contributed by atoms with E-state index in [1.165, 1.54) is 12.1 Å². The third-order valence-electron chi connectivity index (χ3n) is 4.62. The van der Waals surface area contributed by atoms with Gasteiger partial charge in [0.2, 0.25) is 11.8 Å². The SMILES string of the molecule is CCC(=O)N1CCc2ccccc2C1C(=O)NCc1ccc(F)cc1Cl. The summed E-state index contributed by atoms with van der Waals surface area (Å²) < 4.78 is 13.2. The number of rotatable bonds is 4. The molecule has 2 aromatic rings. The second-order valence-electron chi connectivity index (χ2n) is 6.25. The van der Waals surface area contributed by atoms with Crippen molar-refractivity contribution in [2.24, 2.45) is 0 Å². The number of amides is 2. The monoisotopic (exact) mass is 374 g/mol. The lowest BCUT2D eigenvalue weighted by Crippen LogP contribution is -2.46. The molecule has 1 heterocycles. The van der Waals surface area contributed by atoms with Crippen LogP contribution in [0.4, 0.5) is 4.39 Å². The van der Waals surface area contributed by atoms with Crippen molar-refractivity contribution >= 4 is 23.4 Å². The number of halogens is 2. The molecule has 1 N–H and O–H groups in total. The molecule has 4 nitrogen and oxygen atoms in total. The first-order chi connectivity index (χ1) is 12.5. The molecule has 0 saturated heterocycles. The summed E-state index contributed by atoms with van der Waals surface area (Å²) in [5.41, 5.74) is 2.55. The fourth-order valence-corrected chi connectivity index (χ4v) is 3.50. The van der Waals surface area contributed by atoms with Crippen LogP contribution in [0, 0.1) is 5.82 Å². The first-order valence-electron chi connectivity index (χ1n) is 8.60. The standard InChI is InChI=1S/C20H20ClFN2O2/c1-2-18(25)24-10-9-13-5-3-4-6-16(13)19(24)20(26)23-12-14-7-8-15(22)11-17(14)21/h3-8,11,19H,2,9-10,12H2,1H3,(H,23,26). The number of fused-ring (bicyclic) bond motifs is 1. The predicted octanol–water partition coefficient (Wildman–Crippen LogP) is 3.63. The van der Waals surface area contributed by atoms with E-state index in [1.54, 1.807) is 17.9 Å². The van der Waals surface area contributed by atoms with Gasteiger partial charge in [0.25, 0.3) is 0 Å². The maximum atomic E-state index is 13.2. The summed E-state index contributed by atoms with van der Waals surface area (Å²) in [4.78, 5) is 26.9. The lowest BCUT2D eigenvalue weighted by Gasteiger charge is -2.36. The van der Waals surface area contributed by atoms with Crippen molar-refractivity contribution in [1.29, 1.82) is 0 Å². The topological polar surface area (TPSA) is 49.4 Å². The average molecular weight is 375 g/mol. The summed E-state index contributed by atoms with van der Waals surface area (Å²) in [6, 6.07) is 11.1. The van der Waals surface area contributed by atoms with Crippen LogP contribution in [0.3, 0.4) is 0 Å². The maximum absolute atomic E-state index is 13.2. The Morgan fingerprint density at radius 1 is 1.27 bits per heavy atom. The van der Waals surface area contributed by atoms with Crippen molar-refractivity contribution in [3.05, 3.63) is 70.0 Å². The molecule has 0 bridgehead atoms. The van der Waals surface area contributed by atoms with Gasteiger partial charge >= 0.3 is 0 Å². The van der Waals surface area contributed by atoms with Crippen LogP contribution < -0.4 is 5.32 Å². The van der Waals surface area contributed by atoms with Gasteiger partial charge in [-0.15, -0.1) is 0 Å². The van der Waals surface area contributed by atoms with Crippen LogP contribution in [0.2, 0.25) is 5.02 Å². The van der Waals surface area contributed by atoms with Gasteiger partial charge in [-0.05, 0) is 35.2 Å². The minimum atomic E-state index is -0.661. The van der Waals surface area contributed by atoms with Crippen molar-refractivity contribution in [3.63, 3.8) is 0 Å². The van der Waals surface area contributed by atoms with Gasteiger partial charge in [-0.1, -0.05) is 48.9 Å². The van der Waals surface area contributed by atoms with Crippen LogP contribution in [0.5, 0.6) is 0 Å². The molecule has 3 rings (SSSR count). The van der Waals surface area contributed by atoms with Crippen LogP contribution in [0.15, 0.2) is 42.5 Å². The van der Waals surface area contributed by atoms with E-state index in [1.807, 2.05) is 24.3 Å². The van der Waals surface area contributed by atoms with Crippen LogP contribution >= 0.6 is 11.6 Å². The Balaban J connectivity index is 1.83. The zero-order valence-electron chi connectivity index (χ0n) is 14.5. The summed E-state index contributed by atoms with van der Waals surface area (Å²) >= 11 is 6.03. The molecule has 0 radical (unpaired) electrons. The second kappa shape index (κ2) is 7.87. The van der Waals surface area contributed by atoms with E-state index < -0.39 is 11.9 Å². The Kier molecular flexibility index (Phi) is 5.57. The van der Waals surface area contributed by atoms with E-state index in [2.05, 4.69) is 5.32 Å². The first-order valence-corrected chi connectivity index (χ1v) is 8.98. The lowest BCUT2D eigenvalue weighted by molar-refractivity contribution is -0.141. The lowest BCUT2D eigenvalue weighted by atomic mass is 9.91. The van der Waals surface area contributed by atoms with Crippen LogP contribution in [-0.4, -0.2) is 23.3 Å². The number of nitrogens with one attached hydrogen (secondary N) is 1. The van der Waals surface area contributed by atoms with Crippen LogP contribution in [0.25, 0.3) is 0 Å². The molecule has 0 fully saturated rings. The van der Waals surface area contributed by atoms with Gasteiger partial charge in [-0.2, -0.15) is 0 Å².